The first-order valence-corrected chi connectivity index (χ1v) is 7.15. The number of nitrogen functional groups attached to an aromatic ring is 1. The van der Waals surface area contributed by atoms with Gasteiger partial charge >= 0.3 is 0 Å². The highest BCUT2D eigenvalue weighted by atomic mass is 35.5. The number of benzene rings is 1. The number of aromatic nitrogens is 1. The van der Waals surface area contributed by atoms with Crippen molar-refractivity contribution in [3.63, 3.8) is 0 Å². The summed E-state index contributed by atoms with van der Waals surface area (Å²) in [4.78, 5) is 18.2. The number of halogens is 1. The molecule has 0 bridgehead atoms. The Bertz CT molecular complexity index is 658. The smallest absolute Gasteiger partial charge is 0.256 e. The van der Waals surface area contributed by atoms with Crippen LogP contribution in [0.15, 0.2) is 36.5 Å². The SMILES string of the molecule is CCN(Cc1cccc(C)c1)C(=O)c1cc(Cl)ncc1N. The second-order valence-corrected chi connectivity index (χ2v) is 5.29. The summed E-state index contributed by atoms with van der Waals surface area (Å²) in [6.07, 6.45) is 1.41. The van der Waals surface area contributed by atoms with Crippen LogP contribution in [0.3, 0.4) is 0 Å². The van der Waals surface area contributed by atoms with Gasteiger partial charge in [-0.25, -0.2) is 4.98 Å². The maximum Gasteiger partial charge on any atom is 0.256 e. The molecule has 0 fully saturated rings. The first-order valence-electron chi connectivity index (χ1n) is 6.77. The van der Waals surface area contributed by atoms with E-state index in [4.69, 9.17) is 17.3 Å². The molecule has 0 atom stereocenters. The summed E-state index contributed by atoms with van der Waals surface area (Å²) in [5.41, 5.74) is 8.82. The van der Waals surface area contributed by atoms with E-state index in [0.717, 1.165) is 5.56 Å². The monoisotopic (exact) mass is 303 g/mol. The molecule has 1 heterocycles. The zero-order chi connectivity index (χ0) is 15.4. The van der Waals surface area contributed by atoms with Gasteiger partial charge in [-0.15, -0.1) is 0 Å². The molecule has 0 radical (unpaired) electrons. The van der Waals surface area contributed by atoms with Crippen molar-refractivity contribution in [2.45, 2.75) is 20.4 Å². The summed E-state index contributed by atoms with van der Waals surface area (Å²) in [5, 5.41) is 0.263. The zero-order valence-corrected chi connectivity index (χ0v) is 12.9. The first kappa shape index (κ1) is 15.3. The Balaban J connectivity index is 2.24. The molecule has 0 saturated heterocycles. The second-order valence-electron chi connectivity index (χ2n) is 4.90. The van der Waals surface area contributed by atoms with Crippen LogP contribution in [0.1, 0.15) is 28.4 Å². The first-order chi connectivity index (χ1) is 10.0. The standard InChI is InChI=1S/C16H18ClN3O/c1-3-20(10-12-6-4-5-11(2)7-12)16(21)13-8-15(17)19-9-14(13)18/h4-9H,3,10,18H2,1-2H3. The topological polar surface area (TPSA) is 59.2 Å². The van der Waals surface area contributed by atoms with Gasteiger partial charge in [-0.1, -0.05) is 41.4 Å². The number of amides is 1. The summed E-state index contributed by atoms with van der Waals surface area (Å²) in [6.45, 7) is 5.09. The summed E-state index contributed by atoms with van der Waals surface area (Å²) in [5.74, 6) is -0.138. The highest BCUT2D eigenvalue weighted by molar-refractivity contribution is 6.29. The van der Waals surface area contributed by atoms with Crippen molar-refractivity contribution in [2.24, 2.45) is 0 Å². The molecular weight excluding hydrogens is 286 g/mol. The molecule has 2 aromatic rings. The lowest BCUT2D eigenvalue weighted by Gasteiger charge is -2.22. The molecule has 21 heavy (non-hydrogen) atoms. The van der Waals surface area contributed by atoms with Gasteiger partial charge in [0.2, 0.25) is 0 Å². The predicted molar refractivity (Wildman–Crippen MR) is 85.3 cm³/mol. The van der Waals surface area contributed by atoms with Gasteiger partial charge in [-0.3, -0.25) is 4.79 Å². The maximum atomic E-state index is 12.6. The van der Waals surface area contributed by atoms with E-state index in [0.29, 0.717) is 24.3 Å². The third kappa shape index (κ3) is 3.73. The molecule has 1 aromatic carbocycles. The lowest BCUT2D eigenvalue weighted by atomic mass is 10.1. The highest BCUT2D eigenvalue weighted by Crippen LogP contribution is 2.18. The molecular formula is C16H18ClN3O. The van der Waals surface area contributed by atoms with Crippen molar-refractivity contribution in [2.75, 3.05) is 12.3 Å². The number of carbonyl (C=O) groups is 1. The quantitative estimate of drug-likeness (QED) is 0.882. The van der Waals surface area contributed by atoms with Crippen LogP contribution in [0, 0.1) is 6.92 Å². The van der Waals surface area contributed by atoms with Crippen LogP contribution in [-0.4, -0.2) is 22.3 Å². The molecule has 4 nitrogen and oxygen atoms in total. The number of carbonyl (C=O) groups excluding carboxylic acids is 1. The number of pyridine rings is 1. The van der Waals surface area contributed by atoms with Gasteiger partial charge in [0.1, 0.15) is 5.15 Å². The summed E-state index contributed by atoms with van der Waals surface area (Å²) < 4.78 is 0. The minimum atomic E-state index is -0.138. The van der Waals surface area contributed by atoms with E-state index in [9.17, 15) is 4.79 Å². The van der Waals surface area contributed by atoms with Gasteiger partial charge in [0.25, 0.3) is 5.91 Å². The fourth-order valence-corrected chi connectivity index (χ4v) is 2.31. The van der Waals surface area contributed by atoms with Gasteiger partial charge in [-0.2, -0.15) is 0 Å². The molecule has 0 aliphatic rings. The molecule has 0 spiro atoms. The minimum Gasteiger partial charge on any atom is -0.397 e. The molecule has 0 saturated carbocycles. The summed E-state index contributed by atoms with van der Waals surface area (Å²) >= 11 is 5.85. The number of anilines is 1. The summed E-state index contributed by atoms with van der Waals surface area (Å²) in [7, 11) is 0. The molecule has 0 aliphatic heterocycles. The van der Waals surface area contributed by atoms with Gasteiger partial charge in [0.05, 0.1) is 17.4 Å². The molecule has 0 aliphatic carbocycles. The highest BCUT2D eigenvalue weighted by Gasteiger charge is 2.18. The van der Waals surface area contributed by atoms with Crippen molar-refractivity contribution >= 4 is 23.2 Å². The largest absolute Gasteiger partial charge is 0.397 e. The van der Waals surface area contributed by atoms with E-state index in [-0.39, 0.29) is 11.1 Å². The van der Waals surface area contributed by atoms with Crippen LogP contribution in [0.2, 0.25) is 5.15 Å². The molecule has 110 valence electrons. The Hall–Kier alpha value is -2.07. The number of nitrogens with zero attached hydrogens (tertiary/aromatic N) is 2. The van der Waals surface area contributed by atoms with E-state index in [2.05, 4.69) is 11.1 Å². The maximum absolute atomic E-state index is 12.6. The molecule has 2 rings (SSSR count). The number of hydrogen-bond acceptors (Lipinski definition) is 3. The molecule has 5 heteroatoms. The van der Waals surface area contributed by atoms with Crippen LogP contribution in [0.25, 0.3) is 0 Å². The number of nitrogens with two attached hydrogens (primary N) is 1. The zero-order valence-electron chi connectivity index (χ0n) is 12.1. The Morgan fingerprint density at radius 3 is 2.81 bits per heavy atom. The third-order valence-corrected chi connectivity index (χ3v) is 3.46. The lowest BCUT2D eigenvalue weighted by Crippen LogP contribution is -2.31. The van der Waals surface area contributed by atoms with Crippen molar-refractivity contribution in [1.29, 1.82) is 0 Å². The fourth-order valence-electron chi connectivity index (χ4n) is 2.15. The molecule has 0 unspecified atom stereocenters. The second kappa shape index (κ2) is 6.59. The van der Waals surface area contributed by atoms with Crippen molar-refractivity contribution in [3.8, 4) is 0 Å². The predicted octanol–water partition coefficient (Wildman–Crippen LogP) is 3.29. The van der Waals surface area contributed by atoms with Crippen LogP contribution in [0.5, 0.6) is 0 Å². The van der Waals surface area contributed by atoms with E-state index >= 15 is 0 Å². The van der Waals surface area contributed by atoms with E-state index in [1.165, 1.54) is 17.8 Å². The third-order valence-electron chi connectivity index (χ3n) is 3.26. The Kier molecular flexibility index (Phi) is 4.81. The van der Waals surface area contributed by atoms with E-state index < -0.39 is 0 Å². The molecule has 1 amide bonds. The fraction of sp³-hybridized carbons (Fsp3) is 0.250. The van der Waals surface area contributed by atoms with Crippen LogP contribution < -0.4 is 5.73 Å². The number of rotatable bonds is 4. The Morgan fingerprint density at radius 2 is 2.14 bits per heavy atom. The number of aryl methyl sites for hydroxylation is 1. The van der Waals surface area contributed by atoms with Gasteiger partial charge in [0, 0.05) is 13.1 Å². The Labute approximate surface area is 129 Å². The molecule has 2 N–H and O–H groups in total. The lowest BCUT2D eigenvalue weighted by molar-refractivity contribution is 0.0753. The number of hydrogen-bond donors (Lipinski definition) is 1. The van der Waals surface area contributed by atoms with Crippen LogP contribution >= 0.6 is 11.6 Å². The van der Waals surface area contributed by atoms with Gasteiger partial charge < -0.3 is 10.6 Å². The Morgan fingerprint density at radius 1 is 1.38 bits per heavy atom. The van der Waals surface area contributed by atoms with Gasteiger partial charge in [-0.05, 0) is 25.5 Å². The van der Waals surface area contributed by atoms with Crippen molar-refractivity contribution in [1.82, 2.24) is 9.88 Å². The van der Waals surface area contributed by atoms with E-state index in [1.807, 2.05) is 32.0 Å². The average molecular weight is 304 g/mol. The van der Waals surface area contributed by atoms with Crippen LogP contribution in [0.4, 0.5) is 5.69 Å². The van der Waals surface area contributed by atoms with Crippen molar-refractivity contribution < 1.29 is 4.79 Å². The van der Waals surface area contributed by atoms with Crippen molar-refractivity contribution in [3.05, 3.63) is 58.4 Å². The van der Waals surface area contributed by atoms with Crippen LogP contribution in [-0.2, 0) is 6.54 Å². The van der Waals surface area contributed by atoms with Gasteiger partial charge in [0.15, 0.2) is 0 Å². The molecule has 1 aromatic heterocycles. The summed E-state index contributed by atoms with van der Waals surface area (Å²) in [6, 6.07) is 9.60. The average Bonchev–Trinajstić information content (AvgIpc) is 2.46. The van der Waals surface area contributed by atoms with E-state index in [1.54, 1.807) is 4.90 Å². The minimum absolute atomic E-state index is 0.138. The normalized spacial score (nSPS) is 10.4.